The molecule has 0 spiro atoms. The first-order valence-corrected chi connectivity index (χ1v) is 14.0. The number of fused-ring (bicyclic) bond motifs is 7. The number of rotatable bonds is 2. The van der Waals surface area contributed by atoms with Gasteiger partial charge in [-0.05, 0) is 103 Å². The molecule has 9 unspecified atom stereocenters. The lowest BCUT2D eigenvalue weighted by molar-refractivity contribution is -0.214. The van der Waals surface area contributed by atoms with Crippen molar-refractivity contribution in [3.8, 4) is 0 Å². The quantitative estimate of drug-likeness (QED) is 0.427. The van der Waals surface area contributed by atoms with Gasteiger partial charge in [-0.1, -0.05) is 53.2 Å². The Bertz CT molecular complexity index is 892. The topological polar surface area (TPSA) is 77.8 Å². The molecule has 5 aliphatic rings. The maximum absolute atomic E-state index is 12.3. The van der Waals surface area contributed by atoms with Crippen molar-refractivity contribution in [3.63, 3.8) is 0 Å². The molecule has 3 N–H and O–H groups in total. The molecule has 5 aliphatic carbocycles. The fourth-order valence-corrected chi connectivity index (χ4v) is 10.9. The van der Waals surface area contributed by atoms with E-state index in [0.717, 1.165) is 57.8 Å². The highest BCUT2D eigenvalue weighted by molar-refractivity contribution is 5.71. The van der Waals surface area contributed by atoms with E-state index in [0.29, 0.717) is 17.8 Å². The van der Waals surface area contributed by atoms with E-state index >= 15 is 0 Å². The molecule has 0 aromatic rings. The van der Waals surface area contributed by atoms with Crippen LogP contribution in [-0.2, 0) is 4.79 Å². The number of carboxylic acids is 1. The van der Waals surface area contributed by atoms with Crippen LogP contribution in [0.2, 0.25) is 0 Å². The summed E-state index contributed by atoms with van der Waals surface area (Å²) in [6.45, 7) is 14.3. The van der Waals surface area contributed by atoms with Crippen molar-refractivity contribution in [2.45, 2.75) is 105 Å². The summed E-state index contributed by atoms with van der Waals surface area (Å²) in [7, 11) is 0. The average molecular weight is 473 g/mol. The number of hydrogen-bond donors (Lipinski definition) is 3. The Labute approximate surface area is 206 Å². The summed E-state index contributed by atoms with van der Waals surface area (Å²) in [4.78, 5) is 12.3. The zero-order valence-electron chi connectivity index (χ0n) is 22.4. The number of hydrogen-bond acceptors (Lipinski definition) is 3. The Morgan fingerprint density at radius 3 is 2.32 bits per heavy atom. The molecule has 4 nitrogen and oxygen atoms in total. The molecule has 0 radical (unpaired) electrons. The third-order valence-corrected chi connectivity index (χ3v) is 12.9. The minimum Gasteiger partial charge on any atom is -0.481 e. The van der Waals surface area contributed by atoms with Crippen LogP contribution in [-0.4, -0.2) is 34.0 Å². The van der Waals surface area contributed by atoms with Gasteiger partial charge in [-0.15, -0.1) is 0 Å². The molecule has 0 saturated heterocycles. The molecule has 0 amide bonds. The second-order valence-electron chi connectivity index (χ2n) is 14.8. The zero-order valence-corrected chi connectivity index (χ0v) is 22.4. The third kappa shape index (κ3) is 3.06. The second-order valence-corrected chi connectivity index (χ2v) is 14.8. The normalized spacial score (nSPS) is 54.1. The number of carbonyl (C=O) groups is 1. The molecule has 34 heavy (non-hydrogen) atoms. The van der Waals surface area contributed by atoms with Crippen molar-refractivity contribution in [2.24, 2.45) is 56.7 Å². The van der Waals surface area contributed by atoms with Crippen molar-refractivity contribution in [2.75, 3.05) is 6.61 Å². The number of aliphatic hydroxyl groups excluding tert-OH is 2. The standard InChI is InChI=1S/C30H48O4/c1-26(2)15-19-18(20(16-26)25(33)34)9-13-29(5)21(19)7-8-23-27(3)12-11-24(32)28(4,17-31)22(27)10-14-30(23,29)6/h7,18-20,22-24,31-32H,8-17H2,1-6H3,(H,33,34)/t18?,19?,20-,22?,23?,24?,27?,28?,29?,30?/m1/s1. The molecule has 0 aromatic heterocycles. The zero-order chi connectivity index (χ0) is 24.9. The van der Waals surface area contributed by atoms with Crippen molar-refractivity contribution in [3.05, 3.63) is 11.6 Å². The molecule has 0 bridgehead atoms. The predicted molar refractivity (Wildman–Crippen MR) is 134 cm³/mol. The van der Waals surface area contributed by atoms with Crippen LogP contribution in [0, 0.1) is 56.7 Å². The summed E-state index contributed by atoms with van der Waals surface area (Å²) in [5.41, 5.74) is 1.62. The Hall–Kier alpha value is -0.870. The van der Waals surface area contributed by atoms with Crippen LogP contribution < -0.4 is 0 Å². The van der Waals surface area contributed by atoms with E-state index in [1.165, 1.54) is 0 Å². The van der Waals surface area contributed by atoms with Gasteiger partial charge in [0.25, 0.3) is 0 Å². The second kappa shape index (κ2) is 7.57. The number of allylic oxidation sites excluding steroid dienone is 2. The molecule has 0 heterocycles. The molecule has 192 valence electrons. The van der Waals surface area contributed by atoms with Gasteiger partial charge >= 0.3 is 5.97 Å². The molecular weight excluding hydrogens is 424 g/mol. The van der Waals surface area contributed by atoms with E-state index < -0.39 is 17.5 Å². The first-order valence-electron chi connectivity index (χ1n) is 14.0. The highest BCUT2D eigenvalue weighted by atomic mass is 16.4. The van der Waals surface area contributed by atoms with Gasteiger partial charge in [-0.3, -0.25) is 4.79 Å². The smallest absolute Gasteiger partial charge is 0.306 e. The number of aliphatic carboxylic acids is 1. The third-order valence-electron chi connectivity index (χ3n) is 12.9. The van der Waals surface area contributed by atoms with E-state index in [1.54, 1.807) is 5.57 Å². The van der Waals surface area contributed by atoms with Crippen LogP contribution in [0.15, 0.2) is 11.6 Å². The van der Waals surface area contributed by atoms with Crippen LogP contribution >= 0.6 is 0 Å². The van der Waals surface area contributed by atoms with Crippen LogP contribution in [0.1, 0.15) is 99.3 Å². The fraction of sp³-hybridized carbons (Fsp3) is 0.900. The van der Waals surface area contributed by atoms with Gasteiger partial charge in [0.2, 0.25) is 0 Å². The number of aliphatic hydroxyl groups is 2. The van der Waals surface area contributed by atoms with E-state index in [2.05, 4.69) is 47.6 Å². The van der Waals surface area contributed by atoms with Gasteiger partial charge in [0.15, 0.2) is 0 Å². The van der Waals surface area contributed by atoms with Crippen LogP contribution in [0.3, 0.4) is 0 Å². The summed E-state index contributed by atoms with van der Waals surface area (Å²) >= 11 is 0. The SMILES string of the molecule is CC1(C)CC2C3=CCC4C5(C)CCC(O)C(C)(CO)C5CCC4(C)C3(C)CCC2[C@H](C(=O)O)C1. The summed E-state index contributed by atoms with van der Waals surface area (Å²) in [6.07, 6.45) is 11.3. The molecular formula is C30H48O4. The van der Waals surface area contributed by atoms with E-state index in [-0.39, 0.29) is 40.1 Å². The van der Waals surface area contributed by atoms with Crippen LogP contribution in [0.25, 0.3) is 0 Å². The first-order chi connectivity index (χ1) is 15.7. The highest BCUT2D eigenvalue weighted by Gasteiger charge is 2.68. The Morgan fingerprint density at radius 2 is 1.68 bits per heavy atom. The van der Waals surface area contributed by atoms with Gasteiger partial charge in [0, 0.05) is 5.41 Å². The summed E-state index contributed by atoms with van der Waals surface area (Å²) in [5.74, 6) is 0.732. The van der Waals surface area contributed by atoms with Gasteiger partial charge in [0.1, 0.15) is 0 Å². The molecule has 0 aromatic carbocycles. The minimum absolute atomic E-state index is 0.0611. The van der Waals surface area contributed by atoms with Crippen molar-refractivity contribution in [1.29, 1.82) is 0 Å². The molecule has 4 heteroatoms. The Kier molecular flexibility index (Phi) is 5.52. The number of carboxylic acid groups (broad SMARTS) is 1. The maximum atomic E-state index is 12.3. The molecule has 0 aliphatic heterocycles. The van der Waals surface area contributed by atoms with Gasteiger partial charge < -0.3 is 15.3 Å². The van der Waals surface area contributed by atoms with E-state index in [1.807, 2.05) is 0 Å². The lowest BCUT2D eigenvalue weighted by Crippen LogP contribution is -2.65. The van der Waals surface area contributed by atoms with Gasteiger partial charge in [0.05, 0.1) is 18.6 Å². The summed E-state index contributed by atoms with van der Waals surface area (Å²) in [6, 6.07) is 0. The van der Waals surface area contributed by atoms with Crippen molar-refractivity contribution >= 4 is 5.97 Å². The molecule has 4 fully saturated rings. The largest absolute Gasteiger partial charge is 0.481 e. The van der Waals surface area contributed by atoms with Gasteiger partial charge in [-0.2, -0.15) is 0 Å². The van der Waals surface area contributed by atoms with Gasteiger partial charge in [-0.25, -0.2) is 0 Å². The monoisotopic (exact) mass is 472 g/mol. The van der Waals surface area contributed by atoms with Crippen molar-refractivity contribution < 1.29 is 20.1 Å². The molecule has 10 atom stereocenters. The average Bonchev–Trinajstić information content (AvgIpc) is 2.75. The van der Waals surface area contributed by atoms with E-state index in [9.17, 15) is 20.1 Å². The predicted octanol–water partition coefficient (Wildman–Crippen LogP) is 6.06. The van der Waals surface area contributed by atoms with Crippen molar-refractivity contribution in [1.82, 2.24) is 0 Å². The summed E-state index contributed by atoms with van der Waals surface area (Å²) < 4.78 is 0. The maximum Gasteiger partial charge on any atom is 0.306 e. The first kappa shape index (κ1) is 24.8. The Balaban J connectivity index is 1.56. The fourth-order valence-electron chi connectivity index (χ4n) is 10.9. The van der Waals surface area contributed by atoms with E-state index in [4.69, 9.17) is 0 Å². The summed E-state index contributed by atoms with van der Waals surface area (Å²) in [5, 5.41) is 31.4. The lowest BCUT2D eigenvalue weighted by Gasteiger charge is -2.70. The minimum atomic E-state index is -0.594. The highest BCUT2D eigenvalue weighted by Crippen LogP contribution is 2.74. The molecule has 5 rings (SSSR count). The lowest BCUT2D eigenvalue weighted by atomic mass is 9.34. The van der Waals surface area contributed by atoms with Crippen LogP contribution in [0.4, 0.5) is 0 Å². The molecule has 4 saturated carbocycles. The van der Waals surface area contributed by atoms with Crippen LogP contribution in [0.5, 0.6) is 0 Å². The Morgan fingerprint density at radius 1 is 0.971 bits per heavy atom.